The Labute approximate surface area is 125 Å². The molecule has 1 aromatic rings. The first kappa shape index (κ1) is 15.1. The van der Waals surface area contributed by atoms with E-state index in [4.69, 9.17) is 11.6 Å². The van der Waals surface area contributed by atoms with Crippen molar-refractivity contribution >= 4 is 23.3 Å². The van der Waals surface area contributed by atoms with Gasteiger partial charge in [-0.2, -0.15) is 0 Å². The predicted octanol–water partition coefficient (Wildman–Crippen LogP) is 3.57. The van der Waals surface area contributed by atoms with Crippen LogP contribution in [0.5, 0.6) is 0 Å². The van der Waals surface area contributed by atoms with Crippen LogP contribution in [-0.4, -0.2) is 34.4 Å². The normalized spacial score (nSPS) is 17.3. The quantitative estimate of drug-likeness (QED) is 0.923. The van der Waals surface area contributed by atoms with E-state index in [9.17, 15) is 4.79 Å². The van der Waals surface area contributed by atoms with Crippen molar-refractivity contribution in [2.45, 2.75) is 45.6 Å². The standard InChI is InChI=1S/C15H22ClN3O/c1-4-9-17-12-7-6-11(16)13(18-12)14(20)19-10-5-8-15(19,2)3/h6-7H,4-5,8-10H2,1-3H3,(H,17,18). The van der Waals surface area contributed by atoms with E-state index in [-0.39, 0.29) is 11.4 Å². The summed E-state index contributed by atoms with van der Waals surface area (Å²) >= 11 is 6.16. The molecule has 20 heavy (non-hydrogen) atoms. The summed E-state index contributed by atoms with van der Waals surface area (Å²) in [4.78, 5) is 18.9. The minimum atomic E-state index is -0.116. The van der Waals surface area contributed by atoms with Crippen molar-refractivity contribution in [3.63, 3.8) is 0 Å². The van der Waals surface area contributed by atoms with Gasteiger partial charge in [0.1, 0.15) is 11.5 Å². The number of halogens is 1. The molecule has 0 aromatic carbocycles. The van der Waals surface area contributed by atoms with Crippen LogP contribution in [0.15, 0.2) is 12.1 Å². The summed E-state index contributed by atoms with van der Waals surface area (Å²) in [6.07, 6.45) is 3.06. The van der Waals surface area contributed by atoms with Crippen LogP contribution in [0.1, 0.15) is 50.5 Å². The van der Waals surface area contributed by atoms with Crippen LogP contribution in [0, 0.1) is 0 Å². The number of carbonyl (C=O) groups is 1. The molecule has 0 atom stereocenters. The number of likely N-dealkylation sites (tertiary alicyclic amines) is 1. The Morgan fingerprint density at radius 3 is 2.85 bits per heavy atom. The SMILES string of the molecule is CCCNc1ccc(Cl)c(C(=O)N2CCCC2(C)C)n1. The van der Waals surface area contributed by atoms with Crippen molar-refractivity contribution in [3.05, 3.63) is 22.8 Å². The second kappa shape index (κ2) is 6.00. The average molecular weight is 296 g/mol. The summed E-state index contributed by atoms with van der Waals surface area (Å²) < 4.78 is 0. The Hall–Kier alpha value is -1.29. The van der Waals surface area contributed by atoms with Crippen molar-refractivity contribution in [2.75, 3.05) is 18.4 Å². The number of amides is 1. The average Bonchev–Trinajstić information content (AvgIpc) is 2.76. The van der Waals surface area contributed by atoms with Gasteiger partial charge < -0.3 is 10.2 Å². The minimum absolute atomic E-state index is 0.0716. The molecule has 5 heteroatoms. The summed E-state index contributed by atoms with van der Waals surface area (Å²) in [6, 6.07) is 3.55. The van der Waals surface area contributed by atoms with Gasteiger partial charge in [-0.25, -0.2) is 4.98 Å². The number of pyridine rings is 1. The molecule has 1 saturated heterocycles. The molecule has 0 radical (unpaired) electrons. The third kappa shape index (κ3) is 3.06. The van der Waals surface area contributed by atoms with Crippen molar-refractivity contribution in [1.29, 1.82) is 0 Å². The molecule has 1 N–H and O–H groups in total. The summed E-state index contributed by atoms with van der Waals surface area (Å²) in [5, 5.41) is 3.60. The first-order chi connectivity index (χ1) is 9.45. The van der Waals surface area contributed by atoms with Gasteiger partial charge in [0.15, 0.2) is 0 Å². The Kier molecular flexibility index (Phi) is 4.53. The van der Waals surface area contributed by atoms with Gasteiger partial charge >= 0.3 is 0 Å². The lowest BCUT2D eigenvalue weighted by molar-refractivity contribution is 0.0646. The summed E-state index contributed by atoms with van der Waals surface area (Å²) in [7, 11) is 0. The zero-order chi connectivity index (χ0) is 14.8. The second-order valence-electron chi connectivity index (χ2n) is 5.83. The fourth-order valence-corrected chi connectivity index (χ4v) is 2.74. The van der Waals surface area contributed by atoms with Crippen molar-refractivity contribution in [1.82, 2.24) is 9.88 Å². The lowest BCUT2D eigenvalue weighted by Crippen LogP contribution is -2.43. The van der Waals surface area contributed by atoms with Crippen molar-refractivity contribution < 1.29 is 4.79 Å². The van der Waals surface area contributed by atoms with Gasteiger partial charge in [-0.3, -0.25) is 4.79 Å². The first-order valence-electron chi connectivity index (χ1n) is 7.18. The maximum absolute atomic E-state index is 12.7. The lowest BCUT2D eigenvalue weighted by Gasteiger charge is -2.31. The summed E-state index contributed by atoms with van der Waals surface area (Å²) in [6.45, 7) is 7.87. The van der Waals surface area contributed by atoms with E-state index in [0.29, 0.717) is 16.5 Å². The van der Waals surface area contributed by atoms with Crippen LogP contribution in [0.4, 0.5) is 5.82 Å². The number of hydrogen-bond donors (Lipinski definition) is 1. The number of rotatable bonds is 4. The highest BCUT2D eigenvalue weighted by Crippen LogP contribution is 2.31. The molecule has 0 unspecified atom stereocenters. The molecule has 2 rings (SSSR count). The van der Waals surface area contributed by atoms with Gasteiger partial charge in [-0.15, -0.1) is 0 Å². The van der Waals surface area contributed by atoms with E-state index in [2.05, 4.69) is 31.1 Å². The predicted molar refractivity (Wildman–Crippen MR) is 82.4 cm³/mol. The molecule has 0 saturated carbocycles. The number of nitrogens with one attached hydrogen (secondary N) is 1. The smallest absolute Gasteiger partial charge is 0.274 e. The zero-order valence-corrected chi connectivity index (χ0v) is 13.1. The number of aromatic nitrogens is 1. The van der Waals surface area contributed by atoms with Crippen LogP contribution in [0.2, 0.25) is 5.02 Å². The highest BCUT2D eigenvalue weighted by atomic mass is 35.5. The van der Waals surface area contributed by atoms with E-state index in [1.807, 2.05) is 11.0 Å². The van der Waals surface area contributed by atoms with Crippen LogP contribution in [0.25, 0.3) is 0 Å². The lowest BCUT2D eigenvalue weighted by atomic mass is 10.0. The van der Waals surface area contributed by atoms with Crippen LogP contribution in [-0.2, 0) is 0 Å². The second-order valence-corrected chi connectivity index (χ2v) is 6.23. The van der Waals surface area contributed by atoms with E-state index in [1.54, 1.807) is 6.07 Å². The van der Waals surface area contributed by atoms with Crippen LogP contribution in [0.3, 0.4) is 0 Å². The molecule has 1 aliphatic heterocycles. The van der Waals surface area contributed by atoms with Crippen LogP contribution >= 0.6 is 11.6 Å². The highest BCUT2D eigenvalue weighted by molar-refractivity contribution is 6.33. The van der Waals surface area contributed by atoms with E-state index in [0.717, 1.165) is 32.4 Å². The molecule has 0 aliphatic carbocycles. The number of hydrogen-bond acceptors (Lipinski definition) is 3. The minimum Gasteiger partial charge on any atom is -0.370 e. The molecule has 1 aromatic heterocycles. The molecule has 0 spiro atoms. The highest BCUT2D eigenvalue weighted by Gasteiger charge is 2.37. The molecule has 1 fully saturated rings. The Morgan fingerprint density at radius 2 is 2.25 bits per heavy atom. The van der Waals surface area contributed by atoms with Gasteiger partial charge in [-0.1, -0.05) is 18.5 Å². The third-order valence-corrected chi connectivity index (χ3v) is 4.06. The molecular weight excluding hydrogens is 274 g/mol. The van der Waals surface area contributed by atoms with Gasteiger partial charge in [0.05, 0.1) is 5.02 Å². The molecule has 2 heterocycles. The third-order valence-electron chi connectivity index (χ3n) is 3.75. The molecule has 4 nitrogen and oxygen atoms in total. The summed E-state index contributed by atoms with van der Waals surface area (Å²) in [5.74, 6) is 0.634. The van der Waals surface area contributed by atoms with E-state index >= 15 is 0 Å². The number of carbonyl (C=O) groups excluding carboxylic acids is 1. The maximum atomic E-state index is 12.7. The van der Waals surface area contributed by atoms with E-state index in [1.165, 1.54) is 0 Å². The zero-order valence-electron chi connectivity index (χ0n) is 12.4. The van der Waals surface area contributed by atoms with Crippen molar-refractivity contribution in [2.24, 2.45) is 0 Å². The van der Waals surface area contributed by atoms with Gasteiger partial charge in [-0.05, 0) is 45.2 Å². The van der Waals surface area contributed by atoms with Gasteiger partial charge in [0.2, 0.25) is 0 Å². The Balaban J connectivity index is 2.24. The fourth-order valence-electron chi connectivity index (χ4n) is 2.56. The molecule has 1 amide bonds. The van der Waals surface area contributed by atoms with Crippen molar-refractivity contribution in [3.8, 4) is 0 Å². The molecular formula is C15H22ClN3O. The fraction of sp³-hybridized carbons (Fsp3) is 0.600. The Bertz CT molecular complexity index is 502. The largest absolute Gasteiger partial charge is 0.370 e. The van der Waals surface area contributed by atoms with Crippen LogP contribution < -0.4 is 5.32 Å². The molecule has 0 bridgehead atoms. The van der Waals surface area contributed by atoms with E-state index < -0.39 is 0 Å². The molecule has 1 aliphatic rings. The maximum Gasteiger partial charge on any atom is 0.274 e. The van der Waals surface area contributed by atoms with Gasteiger partial charge in [0, 0.05) is 18.6 Å². The number of anilines is 1. The van der Waals surface area contributed by atoms with Gasteiger partial charge in [0.25, 0.3) is 5.91 Å². The topological polar surface area (TPSA) is 45.2 Å². The first-order valence-corrected chi connectivity index (χ1v) is 7.56. The molecule has 110 valence electrons. The Morgan fingerprint density at radius 1 is 1.50 bits per heavy atom. The number of nitrogens with zero attached hydrogens (tertiary/aromatic N) is 2. The monoisotopic (exact) mass is 295 g/mol. The summed E-state index contributed by atoms with van der Waals surface area (Å²) in [5.41, 5.74) is 0.234.